The van der Waals surface area contributed by atoms with Gasteiger partial charge in [-0.1, -0.05) is 17.3 Å². The van der Waals surface area contributed by atoms with Gasteiger partial charge in [-0.3, -0.25) is 0 Å². The van der Waals surface area contributed by atoms with Crippen molar-refractivity contribution >= 4 is 0 Å². The third kappa shape index (κ3) is 1.85. The van der Waals surface area contributed by atoms with Gasteiger partial charge in [0.25, 0.3) is 0 Å². The van der Waals surface area contributed by atoms with E-state index in [1.165, 1.54) is 0 Å². The van der Waals surface area contributed by atoms with E-state index in [9.17, 15) is 0 Å². The highest BCUT2D eigenvalue weighted by Gasteiger charge is 2.16. The molecule has 1 aromatic heterocycles. The predicted octanol–water partition coefficient (Wildman–Crippen LogP) is 1.85. The molecule has 0 saturated heterocycles. The molecule has 5 heteroatoms. The fraction of sp³-hybridized carbons (Fsp3) is 0.250. The molecular formula is C12H12N4O. The quantitative estimate of drug-likeness (QED) is 0.804. The van der Waals surface area contributed by atoms with Crippen LogP contribution >= 0.6 is 0 Å². The normalized spacial score (nSPS) is 9.94. The largest absolute Gasteiger partial charge is 0.496 e. The van der Waals surface area contributed by atoms with Gasteiger partial charge < -0.3 is 4.74 Å². The Bertz CT molecular complexity index is 568. The first kappa shape index (κ1) is 11.1. The monoisotopic (exact) mass is 228 g/mol. The Morgan fingerprint density at radius 3 is 2.82 bits per heavy atom. The maximum atomic E-state index is 9.05. The van der Waals surface area contributed by atoms with E-state index in [1.54, 1.807) is 11.8 Å². The van der Waals surface area contributed by atoms with Crippen LogP contribution in [0.2, 0.25) is 0 Å². The number of para-hydroxylation sites is 1. The molecule has 0 atom stereocenters. The molecular weight excluding hydrogens is 216 g/mol. The lowest BCUT2D eigenvalue weighted by atomic mass is 10.1. The van der Waals surface area contributed by atoms with Crippen molar-refractivity contribution in [3.05, 3.63) is 30.0 Å². The number of aryl methyl sites for hydroxylation is 1. The topological polar surface area (TPSA) is 63.7 Å². The highest BCUT2D eigenvalue weighted by molar-refractivity contribution is 5.71. The molecule has 0 radical (unpaired) electrons. The molecule has 0 fully saturated rings. The van der Waals surface area contributed by atoms with Crippen molar-refractivity contribution in [2.75, 3.05) is 7.11 Å². The summed E-state index contributed by atoms with van der Waals surface area (Å²) in [4.78, 5) is 0. The lowest BCUT2D eigenvalue weighted by molar-refractivity contribution is 0.416. The Balaban J connectivity index is 2.67. The van der Waals surface area contributed by atoms with Crippen LogP contribution in [0.15, 0.2) is 24.3 Å². The third-order valence-electron chi connectivity index (χ3n) is 2.50. The zero-order valence-electron chi connectivity index (χ0n) is 9.71. The molecule has 0 N–H and O–H groups in total. The minimum atomic E-state index is 0.316. The van der Waals surface area contributed by atoms with Crippen LogP contribution in [0.25, 0.3) is 11.3 Å². The summed E-state index contributed by atoms with van der Waals surface area (Å²) in [6.07, 6.45) is 0. The minimum absolute atomic E-state index is 0.316. The number of methoxy groups -OCH3 is 1. The van der Waals surface area contributed by atoms with E-state index in [1.807, 2.05) is 31.2 Å². The summed E-state index contributed by atoms with van der Waals surface area (Å²) in [6.45, 7) is 2.61. The molecule has 2 aromatic rings. The second-order valence-electron chi connectivity index (χ2n) is 3.41. The summed E-state index contributed by atoms with van der Waals surface area (Å²) in [5.41, 5.74) is 1.85. The van der Waals surface area contributed by atoms with E-state index in [-0.39, 0.29) is 0 Å². The summed E-state index contributed by atoms with van der Waals surface area (Å²) >= 11 is 0. The molecule has 86 valence electrons. The van der Waals surface area contributed by atoms with Gasteiger partial charge in [-0.25, -0.2) is 4.68 Å². The van der Waals surface area contributed by atoms with Crippen molar-refractivity contribution in [3.8, 4) is 23.1 Å². The molecule has 0 bridgehead atoms. The molecule has 17 heavy (non-hydrogen) atoms. The average molecular weight is 228 g/mol. The van der Waals surface area contributed by atoms with Crippen LogP contribution in [0.3, 0.4) is 0 Å². The molecule has 0 spiro atoms. The number of nitrogens with zero attached hydrogens (tertiary/aromatic N) is 4. The Kier molecular flexibility index (Phi) is 3.06. The van der Waals surface area contributed by atoms with E-state index < -0.39 is 0 Å². The molecule has 0 aliphatic heterocycles. The fourth-order valence-corrected chi connectivity index (χ4v) is 1.72. The smallest absolute Gasteiger partial charge is 0.190 e. The Hall–Kier alpha value is -2.35. The Morgan fingerprint density at radius 2 is 2.18 bits per heavy atom. The standard InChI is InChI=1S/C12H12N4O/c1-3-16-12(10(8-13)14-15-16)9-6-4-5-7-11(9)17-2/h4-7H,3H2,1-2H3. The van der Waals surface area contributed by atoms with E-state index >= 15 is 0 Å². The molecule has 5 nitrogen and oxygen atoms in total. The SMILES string of the molecule is CCn1nnc(C#N)c1-c1ccccc1OC. The third-order valence-corrected chi connectivity index (χ3v) is 2.50. The van der Waals surface area contributed by atoms with Crippen molar-refractivity contribution in [1.29, 1.82) is 5.26 Å². The van der Waals surface area contributed by atoms with Crippen LogP contribution in [0, 0.1) is 11.3 Å². The van der Waals surface area contributed by atoms with E-state index in [0.29, 0.717) is 23.7 Å². The molecule has 0 unspecified atom stereocenters. The highest BCUT2D eigenvalue weighted by Crippen LogP contribution is 2.30. The molecule has 0 aliphatic rings. The lowest BCUT2D eigenvalue weighted by Crippen LogP contribution is -2.01. The van der Waals surface area contributed by atoms with Gasteiger partial charge in [0.15, 0.2) is 5.69 Å². The Labute approximate surface area is 99.2 Å². The first-order valence-electron chi connectivity index (χ1n) is 5.28. The zero-order valence-corrected chi connectivity index (χ0v) is 9.71. The van der Waals surface area contributed by atoms with Gasteiger partial charge in [0.05, 0.1) is 7.11 Å². The van der Waals surface area contributed by atoms with Crippen molar-refractivity contribution in [3.63, 3.8) is 0 Å². The van der Waals surface area contributed by atoms with Gasteiger partial charge >= 0.3 is 0 Å². The number of aromatic nitrogens is 3. The molecule has 2 rings (SSSR count). The molecule has 0 amide bonds. The van der Waals surface area contributed by atoms with Gasteiger partial charge in [-0.15, -0.1) is 5.10 Å². The molecule has 1 heterocycles. The van der Waals surface area contributed by atoms with Gasteiger partial charge in [0, 0.05) is 12.1 Å². The number of rotatable bonds is 3. The van der Waals surface area contributed by atoms with Gasteiger partial charge in [-0.2, -0.15) is 5.26 Å². The minimum Gasteiger partial charge on any atom is -0.496 e. The van der Waals surface area contributed by atoms with Crippen molar-refractivity contribution < 1.29 is 4.74 Å². The number of ether oxygens (including phenoxy) is 1. The predicted molar refractivity (Wildman–Crippen MR) is 62.4 cm³/mol. The first-order valence-corrected chi connectivity index (χ1v) is 5.28. The fourth-order valence-electron chi connectivity index (χ4n) is 1.72. The van der Waals surface area contributed by atoms with E-state index in [4.69, 9.17) is 10.00 Å². The van der Waals surface area contributed by atoms with Gasteiger partial charge in [0.1, 0.15) is 17.5 Å². The second-order valence-corrected chi connectivity index (χ2v) is 3.41. The summed E-state index contributed by atoms with van der Waals surface area (Å²) < 4.78 is 6.98. The van der Waals surface area contributed by atoms with Crippen molar-refractivity contribution in [2.24, 2.45) is 0 Å². The van der Waals surface area contributed by atoms with Gasteiger partial charge in [-0.05, 0) is 19.1 Å². The number of hydrogen-bond acceptors (Lipinski definition) is 4. The average Bonchev–Trinajstić information content (AvgIpc) is 2.81. The van der Waals surface area contributed by atoms with Crippen molar-refractivity contribution in [2.45, 2.75) is 13.5 Å². The van der Waals surface area contributed by atoms with Gasteiger partial charge in [0.2, 0.25) is 0 Å². The number of hydrogen-bond donors (Lipinski definition) is 0. The maximum absolute atomic E-state index is 9.05. The molecule has 0 aliphatic carbocycles. The van der Waals surface area contributed by atoms with Crippen LogP contribution in [-0.4, -0.2) is 22.1 Å². The Morgan fingerprint density at radius 1 is 1.41 bits per heavy atom. The van der Waals surface area contributed by atoms with Crippen LogP contribution < -0.4 is 4.74 Å². The number of benzene rings is 1. The lowest BCUT2D eigenvalue weighted by Gasteiger charge is -2.08. The summed E-state index contributed by atoms with van der Waals surface area (Å²) in [5.74, 6) is 0.709. The summed E-state index contributed by atoms with van der Waals surface area (Å²) in [7, 11) is 1.60. The summed E-state index contributed by atoms with van der Waals surface area (Å²) in [6, 6.07) is 9.57. The summed E-state index contributed by atoms with van der Waals surface area (Å²) in [5, 5.41) is 16.8. The number of nitriles is 1. The molecule has 0 saturated carbocycles. The van der Waals surface area contributed by atoms with Crippen LogP contribution in [0.4, 0.5) is 0 Å². The van der Waals surface area contributed by atoms with E-state index in [0.717, 1.165) is 5.56 Å². The molecule has 1 aromatic carbocycles. The van der Waals surface area contributed by atoms with Crippen LogP contribution in [-0.2, 0) is 6.54 Å². The maximum Gasteiger partial charge on any atom is 0.190 e. The second kappa shape index (κ2) is 4.66. The van der Waals surface area contributed by atoms with E-state index in [2.05, 4.69) is 16.4 Å². The van der Waals surface area contributed by atoms with Crippen LogP contribution in [0.5, 0.6) is 5.75 Å². The van der Waals surface area contributed by atoms with Crippen LogP contribution in [0.1, 0.15) is 12.6 Å². The zero-order chi connectivity index (χ0) is 12.3. The highest BCUT2D eigenvalue weighted by atomic mass is 16.5. The van der Waals surface area contributed by atoms with Crippen molar-refractivity contribution in [1.82, 2.24) is 15.0 Å². The first-order chi connectivity index (χ1) is 8.31.